The highest BCUT2D eigenvalue weighted by Gasteiger charge is 2.30. The Bertz CT molecular complexity index is 427. The van der Waals surface area contributed by atoms with Crippen LogP contribution in [-0.2, 0) is 0 Å². The third-order valence-corrected chi connectivity index (χ3v) is 4.81. The van der Waals surface area contributed by atoms with E-state index in [1.807, 2.05) is 12.1 Å². The lowest BCUT2D eigenvalue weighted by molar-refractivity contribution is 0.156. The number of hydrogen-bond donors (Lipinski definition) is 1. The summed E-state index contributed by atoms with van der Waals surface area (Å²) in [5.41, 5.74) is 1.20. The molecule has 0 heterocycles. The zero-order valence-corrected chi connectivity index (χ0v) is 13.2. The molecule has 112 valence electrons. The van der Waals surface area contributed by atoms with Crippen LogP contribution in [0.2, 0.25) is 0 Å². The number of rotatable bonds is 3. The normalized spacial score (nSPS) is 25.4. The van der Waals surface area contributed by atoms with Gasteiger partial charge in [0.15, 0.2) is 0 Å². The van der Waals surface area contributed by atoms with Gasteiger partial charge in [-0.3, -0.25) is 0 Å². The third kappa shape index (κ3) is 3.82. The average molecular weight is 277 g/mol. The largest absolute Gasteiger partial charge is 0.307 e. The minimum absolute atomic E-state index is 0.0902. The molecule has 0 aliphatic heterocycles. The molecular formula is C18H28FN. The van der Waals surface area contributed by atoms with E-state index in [0.29, 0.717) is 11.5 Å². The van der Waals surface area contributed by atoms with Crippen molar-refractivity contribution in [1.29, 1.82) is 0 Å². The van der Waals surface area contributed by atoms with Gasteiger partial charge >= 0.3 is 0 Å². The zero-order valence-electron chi connectivity index (χ0n) is 13.2. The molecule has 0 spiro atoms. The maximum Gasteiger partial charge on any atom is 0.127 e. The van der Waals surface area contributed by atoms with Gasteiger partial charge in [-0.25, -0.2) is 4.39 Å². The van der Waals surface area contributed by atoms with Crippen molar-refractivity contribution >= 4 is 0 Å². The summed E-state index contributed by atoms with van der Waals surface area (Å²) in [5.74, 6) is 0.722. The Morgan fingerprint density at radius 2 is 1.70 bits per heavy atom. The molecule has 2 heteroatoms. The molecule has 1 N–H and O–H groups in total. The van der Waals surface area contributed by atoms with Crippen LogP contribution in [0, 0.1) is 17.2 Å². The van der Waals surface area contributed by atoms with Gasteiger partial charge in [0.25, 0.3) is 0 Å². The summed E-state index contributed by atoms with van der Waals surface area (Å²) in [5, 5.41) is 3.61. The van der Waals surface area contributed by atoms with E-state index >= 15 is 0 Å². The van der Waals surface area contributed by atoms with Gasteiger partial charge in [0.05, 0.1) is 0 Å². The highest BCUT2D eigenvalue weighted by atomic mass is 19.1. The summed E-state index contributed by atoms with van der Waals surface area (Å²) in [4.78, 5) is 0. The molecule has 0 amide bonds. The third-order valence-electron chi connectivity index (χ3n) is 4.81. The molecule has 20 heavy (non-hydrogen) atoms. The summed E-state index contributed by atoms with van der Waals surface area (Å²) >= 11 is 0. The second kappa shape index (κ2) is 6.26. The van der Waals surface area contributed by atoms with Crippen molar-refractivity contribution in [3.05, 3.63) is 35.6 Å². The Kier molecular flexibility index (Phi) is 4.85. The van der Waals surface area contributed by atoms with E-state index in [9.17, 15) is 4.39 Å². The van der Waals surface area contributed by atoms with Crippen LogP contribution in [0.15, 0.2) is 24.3 Å². The molecule has 1 aliphatic carbocycles. The van der Waals surface area contributed by atoms with Crippen molar-refractivity contribution < 1.29 is 4.39 Å². The minimum Gasteiger partial charge on any atom is -0.307 e. The lowest BCUT2D eigenvalue weighted by Gasteiger charge is -2.38. The lowest BCUT2D eigenvalue weighted by Crippen LogP contribution is -2.37. The topological polar surface area (TPSA) is 12.0 Å². The quantitative estimate of drug-likeness (QED) is 0.812. The first-order valence-electron chi connectivity index (χ1n) is 7.88. The number of hydrogen-bond acceptors (Lipinski definition) is 1. The molecule has 0 radical (unpaired) electrons. The SMILES string of the molecule is CC(NC1CCC(C(C)(C)C)CC1)c1ccccc1F. The van der Waals surface area contributed by atoms with E-state index in [1.54, 1.807) is 12.1 Å². The van der Waals surface area contributed by atoms with Crippen LogP contribution in [0.4, 0.5) is 4.39 Å². The number of halogens is 1. The molecule has 1 atom stereocenters. The van der Waals surface area contributed by atoms with Crippen molar-refractivity contribution in [3.63, 3.8) is 0 Å². The van der Waals surface area contributed by atoms with Crippen LogP contribution in [-0.4, -0.2) is 6.04 Å². The molecule has 1 aromatic rings. The highest BCUT2D eigenvalue weighted by molar-refractivity contribution is 5.20. The molecule has 1 unspecified atom stereocenters. The molecule has 1 fully saturated rings. The first-order valence-corrected chi connectivity index (χ1v) is 7.88. The van der Waals surface area contributed by atoms with E-state index in [-0.39, 0.29) is 11.9 Å². The molecule has 0 saturated heterocycles. The molecule has 1 aromatic carbocycles. The number of nitrogens with one attached hydrogen (secondary N) is 1. The van der Waals surface area contributed by atoms with Crippen molar-refractivity contribution in [2.45, 2.75) is 65.5 Å². The van der Waals surface area contributed by atoms with Crippen molar-refractivity contribution in [2.24, 2.45) is 11.3 Å². The fourth-order valence-corrected chi connectivity index (χ4v) is 3.40. The Morgan fingerprint density at radius 3 is 2.25 bits per heavy atom. The number of benzene rings is 1. The van der Waals surface area contributed by atoms with Gasteiger partial charge in [0.1, 0.15) is 5.82 Å². The molecule has 1 nitrogen and oxygen atoms in total. The van der Waals surface area contributed by atoms with Crippen LogP contribution in [0.5, 0.6) is 0 Å². The first kappa shape index (κ1) is 15.5. The van der Waals surface area contributed by atoms with Gasteiger partial charge in [-0.15, -0.1) is 0 Å². The summed E-state index contributed by atoms with van der Waals surface area (Å²) in [6.07, 6.45) is 4.98. The van der Waals surface area contributed by atoms with Crippen LogP contribution in [0.25, 0.3) is 0 Å². The summed E-state index contributed by atoms with van der Waals surface area (Å²) in [7, 11) is 0. The zero-order chi connectivity index (χ0) is 14.8. The minimum atomic E-state index is -0.101. The average Bonchev–Trinajstić information content (AvgIpc) is 2.38. The fraction of sp³-hybridized carbons (Fsp3) is 0.667. The second-order valence-electron chi connectivity index (χ2n) is 7.32. The van der Waals surface area contributed by atoms with E-state index in [0.717, 1.165) is 11.5 Å². The monoisotopic (exact) mass is 277 g/mol. The van der Waals surface area contributed by atoms with Crippen molar-refractivity contribution in [1.82, 2.24) is 5.32 Å². The molecule has 0 aromatic heterocycles. The standard InChI is InChI=1S/C18H28FN/c1-13(16-7-5-6-8-17(16)19)20-15-11-9-14(10-12-15)18(2,3)4/h5-8,13-15,20H,9-12H2,1-4H3. The summed E-state index contributed by atoms with van der Waals surface area (Å²) < 4.78 is 13.8. The Labute approximate surface area is 123 Å². The van der Waals surface area contributed by atoms with Crippen molar-refractivity contribution in [3.8, 4) is 0 Å². The molecule has 0 bridgehead atoms. The van der Waals surface area contributed by atoms with Crippen LogP contribution in [0.1, 0.15) is 65.0 Å². The van der Waals surface area contributed by atoms with Crippen molar-refractivity contribution in [2.75, 3.05) is 0 Å². The van der Waals surface area contributed by atoms with Gasteiger partial charge in [-0.05, 0) is 50.0 Å². The van der Waals surface area contributed by atoms with E-state index in [4.69, 9.17) is 0 Å². The highest BCUT2D eigenvalue weighted by Crippen LogP contribution is 2.38. The van der Waals surface area contributed by atoms with Gasteiger partial charge in [0.2, 0.25) is 0 Å². The Morgan fingerprint density at radius 1 is 1.10 bits per heavy atom. The smallest absolute Gasteiger partial charge is 0.127 e. The maximum atomic E-state index is 13.8. The first-order chi connectivity index (χ1) is 9.38. The predicted octanol–water partition coefficient (Wildman–Crippen LogP) is 5.08. The van der Waals surface area contributed by atoms with Crippen LogP contribution in [0.3, 0.4) is 0 Å². The van der Waals surface area contributed by atoms with Gasteiger partial charge < -0.3 is 5.32 Å². The van der Waals surface area contributed by atoms with Crippen LogP contribution >= 0.6 is 0 Å². The van der Waals surface area contributed by atoms with Gasteiger partial charge in [-0.1, -0.05) is 39.0 Å². The van der Waals surface area contributed by atoms with Gasteiger partial charge in [0, 0.05) is 17.6 Å². The molecular weight excluding hydrogens is 249 g/mol. The lowest BCUT2D eigenvalue weighted by atomic mass is 9.71. The molecule has 1 saturated carbocycles. The van der Waals surface area contributed by atoms with E-state index < -0.39 is 0 Å². The van der Waals surface area contributed by atoms with Gasteiger partial charge in [-0.2, -0.15) is 0 Å². The second-order valence-corrected chi connectivity index (χ2v) is 7.32. The van der Waals surface area contributed by atoms with Crippen LogP contribution < -0.4 is 5.32 Å². The predicted molar refractivity (Wildman–Crippen MR) is 83.2 cm³/mol. The molecule has 2 rings (SSSR count). The maximum absolute atomic E-state index is 13.8. The summed E-state index contributed by atoms with van der Waals surface area (Å²) in [6.45, 7) is 9.09. The Hall–Kier alpha value is -0.890. The summed E-state index contributed by atoms with van der Waals surface area (Å²) in [6, 6.07) is 7.71. The molecule has 1 aliphatic rings. The fourth-order valence-electron chi connectivity index (χ4n) is 3.40. The van der Waals surface area contributed by atoms with E-state index in [2.05, 4.69) is 33.0 Å². The van der Waals surface area contributed by atoms with E-state index in [1.165, 1.54) is 25.7 Å². The Balaban J connectivity index is 1.88.